The number of nitrogens with one attached hydrogen (secondary N) is 1. The second kappa shape index (κ2) is 8.28. The molecule has 0 unspecified atom stereocenters. The van der Waals surface area contributed by atoms with Crippen molar-refractivity contribution in [1.29, 1.82) is 0 Å². The minimum Gasteiger partial charge on any atom is -0.394 e. The lowest BCUT2D eigenvalue weighted by Gasteiger charge is -2.04. The number of hydrogen-bond acceptors (Lipinski definition) is 5. The molecule has 5 heteroatoms. The molecule has 0 radical (unpaired) electrons. The van der Waals surface area contributed by atoms with Crippen molar-refractivity contribution in [2.75, 3.05) is 26.4 Å². The molecule has 0 aliphatic rings. The van der Waals surface area contributed by atoms with E-state index in [1.54, 1.807) is 18.6 Å². The zero-order valence-electron chi connectivity index (χ0n) is 8.72. The van der Waals surface area contributed by atoms with Crippen LogP contribution in [0.4, 0.5) is 0 Å². The third kappa shape index (κ3) is 6.11. The summed E-state index contributed by atoms with van der Waals surface area (Å²) < 4.78 is 5.12. The molecule has 1 aromatic heterocycles. The van der Waals surface area contributed by atoms with Crippen LogP contribution in [0, 0.1) is 0 Å². The van der Waals surface area contributed by atoms with Gasteiger partial charge in [-0.05, 0) is 13.0 Å². The second-order valence-electron chi connectivity index (χ2n) is 3.06. The molecule has 15 heavy (non-hydrogen) atoms. The molecule has 1 rings (SSSR count). The van der Waals surface area contributed by atoms with Crippen LogP contribution in [0.5, 0.6) is 0 Å². The Kier molecular flexibility index (Phi) is 6.64. The summed E-state index contributed by atoms with van der Waals surface area (Å²) in [4.78, 5) is 8.11. The van der Waals surface area contributed by atoms with Gasteiger partial charge in [-0.3, -0.25) is 9.97 Å². The summed E-state index contributed by atoms with van der Waals surface area (Å²) in [5, 5.41) is 11.7. The summed E-state index contributed by atoms with van der Waals surface area (Å²) in [7, 11) is 0. The van der Waals surface area contributed by atoms with Crippen LogP contribution in [0.2, 0.25) is 0 Å². The first-order chi connectivity index (χ1) is 7.43. The van der Waals surface area contributed by atoms with Gasteiger partial charge >= 0.3 is 0 Å². The summed E-state index contributed by atoms with van der Waals surface area (Å²) in [6, 6.07) is 0. The summed E-state index contributed by atoms with van der Waals surface area (Å²) >= 11 is 0. The lowest BCUT2D eigenvalue weighted by atomic mass is 10.4. The average molecular weight is 211 g/mol. The molecule has 5 nitrogen and oxygen atoms in total. The normalized spacial score (nSPS) is 10.5. The second-order valence-corrected chi connectivity index (χ2v) is 3.06. The minimum absolute atomic E-state index is 0.0903. The first-order valence-electron chi connectivity index (χ1n) is 5.07. The zero-order valence-corrected chi connectivity index (χ0v) is 8.72. The molecule has 0 amide bonds. The molecular formula is C10H17N3O2. The van der Waals surface area contributed by atoms with Crippen LogP contribution in [-0.4, -0.2) is 41.4 Å². The molecule has 0 aliphatic heterocycles. The van der Waals surface area contributed by atoms with Crippen LogP contribution in [0.25, 0.3) is 0 Å². The van der Waals surface area contributed by atoms with Crippen LogP contribution in [0.15, 0.2) is 18.6 Å². The van der Waals surface area contributed by atoms with Crippen molar-refractivity contribution < 1.29 is 9.84 Å². The highest BCUT2D eigenvalue weighted by Crippen LogP contribution is 1.89. The Balaban J connectivity index is 1.93. The molecular weight excluding hydrogens is 194 g/mol. The number of aliphatic hydroxyl groups excluding tert-OH is 1. The maximum absolute atomic E-state index is 8.46. The molecule has 2 N–H and O–H groups in total. The average Bonchev–Trinajstić information content (AvgIpc) is 2.29. The Hall–Kier alpha value is -1.04. The van der Waals surface area contributed by atoms with E-state index in [1.807, 2.05) is 0 Å². The molecule has 0 saturated heterocycles. The third-order valence-electron chi connectivity index (χ3n) is 1.80. The summed E-state index contributed by atoms with van der Waals surface area (Å²) in [6.07, 6.45) is 6.02. The largest absolute Gasteiger partial charge is 0.394 e. The molecule has 1 heterocycles. The van der Waals surface area contributed by atoms with Crippen molar-refractivity contribution in [3.8, 4) is 0 Å². The van der Waals surface area contributed by atoms with Crippen LogP contribution in [0.1, 0.15) is 12.1 Å². The Morgan fingerprint density at radius 3 is 3.00 bits per heavy atom. The van der Waals surface area contributed by atoms with Crippen molar-refractivity contribution in [3.05, 3.63) is 24.3 Å². The van der Waals surface area contributed by atoms with Crippen molar-refractivity contribution in [2.24, 2.45) is 0 Å². The molecule has 0 aliphatic carbocycles. The number of ether oxygens (including phenoxy) is 1. The molecule has 0 fully saturated rings. The van der Waals surface area contributed by atoms with E-state index in [4.69, 9.17) is 9.84 Å². The molecule has 0 atom stereocenters. The SMILES string of the molecule is OCCOCCCNCc1cnccn1. The summed E-state index contributed by atoms with van der Waals surface area (Å²) in [5.74, 6) is 0. The standard InChI is InChI=1S/C10H17N3O2/c14-5-7-15-6-1-2-11-8-10-9-12-3-4-13-10/h3-4,9,11,14H,1-2,5-8H2. The molecule has 0 spiro atoms. The topological polar surface area (TPSA) is 67.3 Å². The predicted molar refractivity (Wildman–Crippen MR) is 56.3 cm³/mol. The molecule has 0 bridgehead atoms. The van der Waals surface area contributed by atoms with Crippen LogP contribution >= 0.6 is 0 Å². The molecule has 84 valence electrons. The Labute approximate surface area is 89.5 Å². The fourth-order valence-electron chi connectivity index (χ4n) is 1.10. The van der Waals surface area contributed by atoms with Gasteiger partial charge in [0.15, 0.2) is 0 Å². The van der Waals surface area contributed by atoms with Gasteiger partial charge in [-0.1, -0.05) is 0 Å². The number of rotatable bonds is 8. The van der Waals surface area contributed by atoms with Crippen molar-refractivity contribution in [3.63, 3.8) is 0 Å². The number of nitrogens with zero attached hydrogens (tertiary/aromatic N) is 2. The first kappa shape index (κ1) is 12.0. The van der Waals surface area contributed by atoms with Gasteiger partial charge in [0, 0.05) is 31.7 Å². The fourth-order valence-corrected chi connectivity index (χ4v) is 1.10. The zero-order chi connectivity index (χ0) is 10.8. The summed E-state index contributed by atoms with van der Waals surface area (Å²) in [6.45, 7) is 2.79. The fraction of sp³-hybridized carbons (Fsp3) is 0.600. The third-order valence-corrected chi connectivity index (χ3v) is 1.80. The molecule has 0 aromatic carbocycles. The van der Waals surface area contributed by atoms with E-state index >= 15 is 0 Å². The highest BCUT2D eigenvalue weighted by molar-refractivity contribution is 4.93. The van der Waals surface area contributed by atoms with Crippen LogP contribution in [0.3, 0.4) is 0 Å². The Morgan fingerprint density at radius 2 is 2.27 bits per heavy atom. The van der Waals surface area contributed by atoms with E-state index in [9.17, 15) is 0 Å². The van der Waals surface area contributed by atoms with Gasteiger partial charge in [-0.25, -0.2) is 0 Å². The quantitative estimate of drug-likeness (QED) is 0.591. The highest BCUT2D eigenvalue weighted by atomic mass is 16.5. The highest BCUT2D eigenvalue weighted by Gasteiger charge is 1.92. The molecule has 0 saturated carbocycles. The van der Waals surface area contributed by atoms with Gasteiger partial charge in [0.1, 0.15) is 0 Å². The van der Waals surface area contributed by atoms with Crippen LogP contribution < -0.4 is 5.32 Å². The monoisotopic (exact) mass is 211 g/mol. The van der Waals surface area contributed by atoms with Crippen molar-refractivity contribution in [1.82, 2.24) is 15.3 Å². The van der Waals surface area contributed by atoms with E-state index < -0.39 is 0 Å². The van der Waals surface area contributed by atoms with Gasteiger partial charge in [-0.15, -0.1) is 0 Å². The molecule has 1 aromatic rings. The van der Waals surface area contributed by atoms with Gasteiger partial charge in [0.2, 0.25) is 0 Å². The van der Waals surface area contributed by atoms with Crippen molar-refractivity contribution in [2.45, 2.75) is 13.0 Å². The summed E-state index contributed by atoms with van der Waals surface area (Å²) in [5.41, 5.74) is 0.939. The van der Waals surface area contributed by atoms with E-state index in [1.165, 1.54) is 0 Å². The minimum atomic E-state index is 0.0903. The number of aromatic nitrogens is 2. The predicted octanol–water partition coefficient (Wildman–Crippen LogP) is -0.0348. The van der Waals surface area contributed by atoms with Gasteiger partial charge in [-0.2, -0.15) is 0 Å². The lowest BCUT2D eigenvalue weighted by Crippen LogP contribution is -2.17. The Bertz CT molecular complexity index is 244. The van der Waals surface area contributed by atoms with E-state index in [-0.39, 0.29) is 6.61 Å². The Morgan fingerprint density at radius 1 is 1.33 bits per heavy atom. The lowest BCUT2D eigenvalue weighted by molar-refractivity contribution is 0.0907. The first-order valence-corrected chi connectivity index (χ1v) is 5.07. The van der Waals surface area contributed by atoms with E-state index in [0.29, 0.717) is 13.2 Å². The van der Waals surface area contributed by atoms with Crippen molar-refractivity contribution >= 4 is 0 Å². The maximum Gasteiger partial charge on any atom is 0.0724 e. The van der Waals surface area contributed by atoms with Crippen LogP contribution in [-0.2, 0) is 11.3 Å². The smallest absolute Gasteiger partial charge is 0.0724 e. The number of hydrogen-bond donors (Lipinski definition) is 2. The van der Waals surface area contributed by atoms with Gasteiger partial charge in [0.25, 0.3) is 0 Å². The number of aliphatic hydroxyl groups is 1. The maximum atomic E-state index is 8.46. The van der Waals surface area contributed by atoms with Gasteiger partial charge < -0.3 is 15.2 Å². The van der Waals surface area contributed by atoms with E-state index in [0.717, 1.165) is 25.2 Å². The van der Waals surface area contributed by atoms with Gasteiger partial charge in [0.05, 0.1) is 18.9 Å². The van der Waals surface area contributed by atoms with E-state index in [2.05, 4.69) is 15.3 Å².